The third kappa shape index (κ3) is 6.04. The number of nitrogens with zero attached hydrogens (tertiary/aromatic N) is 3. The van der Waals surface area contributed by atoms with Crippen molar-refractivity contribution >= 4 is 38.9 Å². The molecule has 0 radical (unpaired) electrons. The van der Waals surface area contributed by atoms with Gasteiger partial charge < -0.3 is 11.1 Å². The minimum Gasteiger partial charge on any atom is -0.383 e. The van der Waals surface area contributed by atoms with Crippen LogP contribution in [0.5, 0.6) is 0 Å². The molecule has 2 heterocycles. The molecule has 2 amide bonds. The van der Waals surface area contributed by atoms with E-state index in [-0.39, 0.29) is 17.3 Å². The first-order valence-electron chi connectivity index (χ1n) is 11.1. The number of aryl methyl sites for hydroxylation is 2. The molecular weight excluding hydrogens is 488 g/mol. The molecule has 0 aliphatic rings. The van der Waals surface area contributed by atoms with Crippen LogP contribution in [0.3, 0.4) is 0 Å². The van der Waals surface area contributed by atoms with Gasteiger partial charge in [0.2, 0.25) is 0 Å². The van der Waals surface area contributed by atoms with E-state index in [0.717, 1.165) is 5.69 Å². The number of aromatic nitrogens is 3. The van der Waals surface area contributed by atoms with Gasteiger partial charge in [0.05, 0.1) is 26.5 Å². The lowest BCUT2D eigenvalue weighted by Gasteiger charge is -2.11. The Morgan fingerprint density at radius 2 is 1.78 bits per heavy atom. The highest BCUT2D eigenvalue weighted by molar-refractivity contribution is 7.99. The van der Waals surface area contributed by atoms with Gasteiger partial charge in [0, 0.05) is 29.4 Å². The molecule has 0 aliphatic carbocycles. The summed E-state index contributed by atoms with van der Waals surface area (Å²) in [5, 5.41) is 7.02. The second kappa shape index (κ2) is 10.4. The number of pyridine rings is 1. The Morgan fingerprint density at radius 3 is 2.49 bits per heavy atom. The summed E-state index contributed by atoms with van der Waals surface area (Å²) in [6.45, 7) is 1.81. The van der Waals surface area contributed by atoms with Crippen molar-refractivity contribution < 1.29 is 13.8 Å². The van der Waals surface area contributed by atoms with Gasteiger partial charge in [-0.3, -0.25) is 19.0 Å². The predicted octanol–water partition coefficient (Wildman–Crippen LogP) is 2.78. The Kier molecular flexibility index (Phi) is 7.08. The quantitative estimate of drug-likeness (QED) is 0.278. The largest absolute Gasteiger partial charge is 0.383 e. The summed E-state index contributed by atoms with van der Waals surface area (Å²) in [6.07, 6.45) is 1.28. The van der Waals surface area contributed by atoms with E-state index in [1.165, 1.54) is 16.9 Å². The Labute approximate surface area is 214 Å². The van der Waals surface area contributed by atoms with Crippen LogP contribution in [0.25, 0.3) is 0 Å². The zero-order valence-corrected chi connectivity index (χ0v) is 21.0. The molecule has 0 saturated carbocycles. The van der Waals surface area contributed by atoms with Crippen molar-refractivity contribution in [2.24, 2.45) is 7.05 Å². The third-order valence-electron chi connectivity index (χ3n) is 5.26. The predicted molar refractivity (Wildman–Crippen MR) is 144 cm³/mol. The third-order valence-corrected chi connectivity index (χ3v) is 6.81. The van der Waals surface area contributed by atoms with Crippen molar-refractivity contribution in [3.63, 3.8) is 0 Å². The first-order valence-corrected chi connectivity index (χ1v) is 12.8. The molecule has 0 aliphatic heterocycles. The average molecular weight is 513 g/mol. The molecule has 2 aromatic heterocycles. The van der Waals surface area contributed by atoms with Gasteiger partial charge in [0.1, 0.15) is 11.5 Å². The van der Waals surface area contributed by atoms with Crippen molar-refractivity contribution in [1.29, 1.82) is 0 Å². The SMILES string of the molecule is C=S(=O)(NC(=O)c1cnc(N)c(C#Cc2cccc(NC(=O)c3cc(C)nn3C)c2)c1)c1ccccc1. The second-order valence-corrected chi connectivity index (χ2v) is 10.2. The maximum atomic E-state index is 12.9. The topological polar surface area (TPSA) is 132 Å². The van der Waals surface area contributed by atoms with Crippen LogP contribution in [0, 0.1) is 18.8 Å². The van der Waals surface area contributed by atoms with E-state index in [1.54, 1.807) is 67.7 Å². The molecule has 2 aromatic carbocycles. The molecule has 186 valence electrons. The van der Waals surface area contributed by atoms with Gasteiger partial charge >= 0.3 is 0 Å². The summed E-state index contributed by atoms with van der Waals surface area (Å²) in [4.78, 5) is 29.8. The highest BCUT2D eigenvalue weighted by atomic mass is 32.2. The molecule has 4 N–H and O–H groups in total. The van der Waals surface area contributed by atoms with E-state index >= 15 is 0 Å². The number of rotatable bonds is 5. The molecule has 37 heavy (non-hydrogen) atoms. The first-order chi connectivity index (χ1) is 17.6. The van der Waals surface area contributed by atoms with Crippen LogP contribution in [0.2, 0.25) is 0 Å². The number of benzene rings is 2. The van der Waals surface area contributed by atoms with Gasteiger partial charge in [-0.15, -0.1) is 0 Å². The lowest BCUT2D eigenvalue weighted by Crippen LogP contribution is -2.30. The number of nitrogens with one attached hydrogen (secondary N) is 2. The average Bonchev–Trinajstić information content (AvgIpc) is 3.22. The second-order valence-electron chi connectivity index (χ2n) is 8.16. The fraction of sp³-hybridized carbons (Fsp3) is 0.0741. The van der Waals surface area contributed by atoms with Gasteiger partial charge in [0.15, 0.2) is 0 Å². The Hall–Kier alpha value is -4.88. The van der Waals surface area contributed by atoms with Crippen LogP contribution in [0.4, 0.5) is 11.5 Å². The smallest absolute Gasteiger partial charge is 0.273 e. The minimum atomic E-state index is -3.06. The normalized spacial score (nSPS) is 12.1. The fourth-order valence-electron chi connectivity index (χ4n) is 3.44. The Balaban J connectivity index is 1.52. The van der Waals surface area contributed by atoms with E-state index in [4.69, 9.17) is 5.73 Å². The van der Waals surface area contributed by atoms with Crippen LogP contribution in [0.15, 0.2) is 77.8 Å². The molecule has 4 rings (SSSR count). The van der Waals surface area contributed by atoms with Crippen LogP contribution in [-0.4, -0.2) is 36.7 Å². The summed E-state index contributed by atoms with van der Waals surface area (Å²) < 4.78 is 16.9. The van der Waals surface area contributed by atoms with E-state index < -0.39 is 15.6 Å². The maximum Gasteiger partial charge on any atom is 0.273 e. The highest BCUT2D eigenvalue weighted by Gasteiger charge is 2.15. The molecule has 4 aromatic rings. The number of carbonyl (C=O) groups is 2. The molecule has 0 saturated heterocycles. The Bertz CT molecular complexity index is 1670. The first kappa shape index (κ1) is 25.2. The lowest BCUT2D eigenvalue weighted by atomic mass is 10.1. The monoisotopic (exact) mass is 512 g/mol. The molecular formula is C27H24N6O3S. The number of nitrogens with two attached hydrogens (primary N) is 1. The summed E-state index contributed by atoms with van der Waals surface area (Å²) in [5.41, 5.74) is 8.77. The van der Waals surface area contributed by atoms with Gasteiger partial charge in [0.25, 0.3) is 11.8 Å². The fourth-order valence-corrected chi connectivity index (χ4v) is 4.57. The minimum absolute atomic E-state index is 0.137. The van der Waals surface area contributed by atoms with E-state index in [9.17, 15) is 13.8 Å². The molecule has 0 spiro atoms. The van der Waals surface area contributed by atoms with Gasteiger partial charge in [-0.05, 0) is 55.3 Å². The number of amides is 2. The van der Waals surface area contributed by atoms with Crippen molar-refractivity contribution in [2.75, 3.05) is 11.1 Å². The number of nitrogen functional groups attached to an aromatic ring is 1. The summed E-state index contributed by atoms with van der Waals surface area (Å²) in [6, 6.07) is 18.6. The molecule has 0 fully saturated rings. The van der Waals surface area contributed by atoms with E-state index in [2.05, 4.69) is 37.8 Å². The lowest BCUT2D eigenvalue weighted by molar-refractivity contribution is 0.0980. The molecule has 9 nitrogen and oxygen atoms in total. The molecule has 1 atom stereocenters. The van der Waals surface area contributed by atoms with E-state index in [0.29, 0.717) is 27.4 Å². The van der Waals surface area contributed by atoms with Crippen molar-refractivity contribution in [1.82, 2.24) is 19.5 Å². The number of carbonyl (C=O) groups excluding carboxylic acids is 2. The highest BCUT2D eigenvalue weighted by Crippen LogP contribution is 2.15. The van der Waals surface area contributed by atoms with Gasteiger partial charge in [-0.25, -0.2) is 9.19 Å². The summed E-state index contributed by atoms with van der Waals surface area (Å²) >= 11 is 0. The Morgan fingerprint density at radius 1 is 1.03 bits per heavy atom. The van der Waals surface area contributed by atoms with Crippen LogP contribution in [-0.2, 0) is 16.8 Å². The zero-order valence-electron chi connectivity index (χ0n) is 20.2. The van der Waals surface area contributed by atoms with Crippen molar-refractivity contribution in [3.05, 3.63) is 101 Å². The van der Waals surface area contributed by atoms with Crippen molar-refractivity contribution in [2.45, 2.75) is 11.8 Å². The zero-order chi connectivity index (χ0) is 26.6. The number of hydrogen-bond acceptors (Lipinski definition) is 6. The molecule has 0 bridgehead atoms. The van der Waals surface area contributed by atoms with Crippen molar-refractivity contribution in [3.8, 4) is 11.8 Å². The van der Waals surface area contributed by atoms with Crippen LogP contribution in [0.1, 0.15) is 37.7 Å². The number of hydrogen-bond donors (Lipinski definition) is 3. The molecule has 1 unspecified atom stereocenters. The summed E-state index contributed by atoms with van der Waals surface area (Å²) in [7, 11) is -1.35. The standard InChI is InChI=1S/C27H24N6O3S/c1-18-14-24(33(2)31-18)27(35)30-22-9-7-8-19(15-22)12-13-20-16-21(17-29-25(20)28)26(34)32-37(3,36)23-10-5-4-6-11-23/h4-11,14-17H,3H2,1-2H3,(H2,28,29)(H,30,35)(H,32,34,36). The molecule has 10 heteroatoms. The maximum absolute atomic E-state index is 12.9. The van der Waals surface area contributed by atoms with Crippen LogP contribution < -0.4 is 15.8 Å². The van der Waals surface area contributed by atoms with Gasteiger partial charge in [-0.2, -0.15) is 5.10 Å². The van der Waals surface area contributed by atoms with Crippen LogP contribution >= 0.6 is 0 Å². The van der Waals surface area contributed by atoms with E-state index in [1.807, 2.05) is 6.92 Å². The number of anilines is 2. The van der Waals surface area contributed by atoms with Gasteiger partial charge in [-0.1, -0.05) is 36.1 Å². The summed E-state index contributed by atoms with van der Waals surface area (Å²) in [5.74, 6) is 8.78.